The quantitative estimate of drug-likeness (QED) is 0.716. The van der Waals surface area contributed by atoms with Crippen LogP contribution in [0.2, 0.25) is 0 Å². The van der Waals surface area contributed by atoms with E-state index in [0.29, 0.717) is 6.54 Å². The lowest BCUT2D eigenvalue weighted by molar-refractivity contribution is -0.167. The van der Waals surface area contributed by atoms with Crippen LogP contribution in [0.3, 0.4) is 0 Å². The van der Waals surface area contributed by atoms with E-state index in [4.69, 9.17) is 4.74 Å². The van der Waals surface area contributed by atoms with Crippen molar-refractivity contribution in [3.8, 4) is 0 Å². The highest BCUT2D eigenvalue weighted by Gasteiger charge is 2.36. The molecule has 0 bridgehead atoms. The van der Waals surface area contributed by atoms with Crippen LogP contribution in [0.4, 0.5) is 0 Å². The number of amides is 2. The van der Waals surface area contributed by atoms with Crippen LogP contribution in [0.25, 0.3) is 0 Å². The lowest BCUT2D eigenvalue weighted by atomic mass is 10.1. The van der Waals surface area contributed by atoms with Crippen molar-refractivity contribution in [3.05, 3.63) is 0 Å². The monoisotopic (exact) mass is 284 g/mol. The van der Waals surface area contributed by atoms with Gasteiger partial charge in [0.2, 0.25) is 11.8 Å². The summed E-state index contributed by atoms with van der Waals surface area (Å²) in [5, 5.41) is 0. The minimum Gasteiger partial charge on any atom is -0.458 e. The Morgan fingerprint density at radius 1 is 1.25 bits per heavy atom. The van der Waals surface area contributed by atoms with Crippen LogP contribution in [-0.2, 0) is 19.1 Å². The first-order chi connectivity index (χ1) is 9.15. The molecule has 6 heteroatoms. The van der Waals surface area contributed by atoms with Crippen molar-refractivity contribution in [1.82, 2.24) is 9.80 Å². The molecule has 6 nitrogen and oxygen atoms in total. The molecule has 0 aromatic heterocycles. The van der Waals surface area contributed by atoms with Crippen LogP contribution in [-0.4, -0.2) is 58.9 Å². The van der Waals surface area contributed by atoms with Crippen LogP contribution in [0, 0.1) is 0 Å². The van der Waals surface area contributed by atoms with E-state index in [1.165, 1.54) is 9.80 Å². The predicted octanol–water partition coefficient (Wildman–Crippen LogP) is 0.797. The highest BCUT2D eigenvalue weighted by molar-refractivity contribution is 5.95. The van der Waals surface area contributed by atoms with Gasteiger partial charge in [-0.3, -0.25) is 9.59 Å². The lowest BCUT2D eigenvalue weighted by Gasteiger charge is -2.37. The van der Waals surface area contributed by atoms with Gasteiger partial charge >= 0.3 is 5.97 Å². The van der Waals surface area contributed by atoms with E-state index >= 15 is 0 Å². The normalized spacial score (nSPS) is 18.2. The van der Waals surface area contributed by atoms with Gasteiger partial charge < -0.3 is 14.5 Å². The molecule has 1 saturated heterocycles. The molecule has 0 aromatic rings. The van der Waals surface area contributed by atoms with Crippen LogP contribution in [0.15, 0.2) is 0 Å². The molecule has 1 rings (SSSR count). The van der Waals surface area contributed by atoms with E-state index in [2.05, 4.69) is 0 Å². The average molecular weight is 284 g/mol. The molecule has 2 amide bonds. The molecule has 1 aliphatic rings. The topological polar surface area (TPSA) is 66.9 Å². The molecule has 114 valence electrons. The number of carbonyl (C=O) groups excluding carboxylic acids is 3. The van der Waals surface area contributed by atoms with Gasteiger partial charge in [0.1, 0.15) is 18.2 Å². The largest absolute Gasteiger partial charge is 0.458 e. The van der Waals surface area contributed by atoms with Gasteiger partial charge in [-0.15, -0.1) is 0 Å². The average Bonchev–Trinajstić information content (AvgIpc) is 2.30. The summed E-state index contributed by atoms with van der Waals surface area (Å²) in [5.41, 5.74) is -0.609. The number of ether oxygens (including phenoxy) is 1. The predicted molar refractivity (Wildman–Crippen MR) is 73.9 cm³/mol. The molecule has 0 aromatic carbocycles. The van der Waals surface area contributed by atoms with E-state index in [1.54, 1.807) is 27.7 Å². The first-order valence-corrected chi connectivity index (χ1v) is 6.95. The summed E-state index contributed by atoms with van der Waals surface area (Å²) in [6, 6.07) is -0.741. The van der Waals surface area contributed by atoms with E-state index in [-0.39, 0.29) is 24.9 Å². The molecule has 1 fully saturated rings. The second kappa shape index (κ2) is 6.24. The van der Waals surface area contributed by atoms with E-state index in [1.807, 2.05) is 6.92 Å². The standard InChI is InChI=1S/C14H24N2O4/c1-6-7-15-8-12(18)16(9-11(15)17)10(2)13(19)20-14(3,4)5/h10H,6-9H2,1-5H3. The van der Waals surface area contributed by atoms with Gasteiger partial charge in [0.05, 0.1) is 6.54 Å². The van der Waals surface area contributed by atoms with Crippen molar-refractivity contribution >= 4 is 17.8 Å². The van der Waals surface area contributed by atoms with Gasteiger partial charge in [0, 0.05) is 6.54 Å². The zero-order valence-corrected chi connectivity index (χ0v) is 12.9. The Morgan fingerprint density at radius 2 is 1.85 bits per heavy atom. The number of esters is 1. The third kappa shape index (κ3) is 4.21. The Morgan fingerprint density at radius 3 is 2.35 bits per heavy atom. The van der Waals surface area contributed by atoms with Crippen molar-refractivity contribution in [2.24, 2.45) is 0 Å². The van der Waals surface area contributed by atoms with Crippen molar-refractivity contribution in [2.45, 2.75) is 52.7 Å². The summed E-state index contributed by atoms with van der Waals surface area (Å²) in [6.45, 7) is 9.40. The number of nitrogens with zero attached hydrogens (tertiary/aromatic N) is 2. The summed E-state index contributed by atoms with van der Waals surface area (Å²) >= 11 is 0. The maximum absolute atomic E-state index is 12.1. The fourth-order valence-corrected chi connectivity index (χ4v) is 2.02. The van der Waals surface area contributed by atoms with Crippen LogP contribution in [0.5, 0.6) is 0 Å². The summed E-state index contributed by atoms with van der Waals surface area (Å²) in [5.74, 6) is -0.819. The summed E-state index contributed by atoms with van der Waals surface area (Å²) in [6.07, 6.45) is 0.806. The summed E-state index contributed by atoms with van der Waals surface area (Å²) in [7, 11) is 0. The third-order valence-corrected chi connectivity index (χ3v) is 3.01. The number of rotatable bonds is 4. The Bertz CT molecular complexity index is 400. The van der Waals surface area contributed by atoms with Gasteiger partial charge in [0.25, 0.3) is 0 Å². The fraction of sp³-hybridized carbons (Fsp3) is 0.786. The Labute approximate surface area is 120 Å². The van der Waals surface area contributed by atoms with Crippen molar-refractivity contribution in [1.29, 1.82) is 0 Å². The number of hydrogen-bond donors (Lipinski definition) is 0. The van der Waals surface area contributed by atoms with Gasteiger partial charge in [-0.2, -0.15) is 0 Å². The minimum atomic E-state index is -0.741. The lowest BCUT2D eigenvalue weighted by Crippen LogP contribution is -2.58. The molecule has 1 heterocycles. The van der Waals surface area contributed by atoms with Crippen molar-refractivity contribution < 1.29 is 19.1 Å². The zero-order chi connectivity index (χ0) is 15.5. The van der Waals surface area contributed by atoms with E-state index in [0.717, 1.165) is 6.42 Å². The van der Waals surface area contributed by atoms with Gasteiger partial charge in [-0.05, 0) is 34.1 Å². The number of carbonyl (C=O) groups is 3. The molecule has 0 saturated carbocycles. The van der Waals surface area contributed by atoms with Gasteiger partial charge in [0.15, 0.2) is 0 Å². The van der Waals surface area contributed by atoms with E-state index < -0.39 is 17.6 Å². The smallest absolute Gasteiger partial charge is 0.329 e. The summed E-state index contributed by atoms with van der Waals surface area (Å²) < 4.78 is 5.25. The SMILES string of the molecule is CCCN1CC(=O)N(C(C)C(=O)OC(C)(C)C)CC1=O. The first-order valence-electron chi connectivity index (χ1n) is 6.95. The molecule has 0 aliphatic carbocycles. The Kier molecular flexibility index (Phi) is 5.14. The van der Waals surface area contributed by atoms with Crippen molar-refractivity contribution in [2.75, 3.05) is 19.6 Å². The van der Waals surface area contributed by atoms with Crippen LogP contribution < -0.4 is 0 Å². The molecule has 20 heavy (non-hydrogen) atoms. The molecule has 0 N–H and O–H groups in total. The number of hydrogen-bond acceptors (Lipinski definition) is 4. The Hall–Kier alpha value is -1.59. The summed E-state index contributed by atoms with van der Waals surface area (Å²) in [4.78, 5) is 38.8. The Balaban J connectivity index is 2.70. The second-order valence-corrected chi connectivity index (χ2v) is 6.05. The molecular weight excluding hydrogens is 260 g/mol. The maximum atomic E-state index is 12.1. The minimum absolute atomic E-state index is 0.0415. The molecule has 0 spiro atoms. The second-order valence-electron chi connectivity index (χ2n) is 6.05. The van der Waals surface area contributed by atoms with Crippen LogP contribution >= 0.6 is 0 Å². The fourth-order valence-electron chi connectivity index (χ4n) is 2.02. The highest BCUT2D eigenvalue weighted by atomic mass is 16.6. The number of piperazine rings is 1. The molecule has 1 atom stereocenters. The molecule has 1 aliphatic heterocycles. The van der Waals surface area contributed by atoms with Crippen LogP contribution in [0.1, 0.15) is 41.0 Å². The third-order valence-electron chi connectivity index (χ3n) is 3.01. The van der Waals surface area contributed by atoms with Crippen molar-refractivity contribution in [3.63, 3.8) is 0 Å². The molecule has 1 unspecified atom stereocenters. The molecule has 0 radical (unpaired) electrons. The highest BCUT2D eigenvalue weighted by Crippen LogP contribution is 2.14. The maximum Gasteiger partial charge on any atom is 0.329 e. The molecular formula is C14H24N2O4. The van der Waals surface area contributed by atoms with Gasteiger partial charge in [-0.25, -0.2) is 4.79 Å². The zero-order valence-electron chi connectivity index (χ0n) is 12.9. The van der Waals surface area contributed by atoms with Gasteiger partial charge in [-0.1, -0.05) is 6.92 Å². The first kappa shape index (κ1) is 16.5. The van der Waals surface area contributed by atoms with E-state index in [9.17, 15) is 14.4 Å².